The number of hydrogen-bond acceptors (Lipinski definition) is 7. The first-order valence-electron chi connectivity index (χ1n) is 12.5. The van der Waals surface area contributed by atoms with Crippen LogP contribution in [0.1, 0.15) is 82.2 Å². The van der Waals surface area contributed by atoms with E-state index in [9.17, 15) is 9.59 Å². The second kappa shape index (κ2) is 9.32. The van der Waals surface area contributed by atoms with Crippen LogP contribution in [0.3, 0.4) is 0 Å². The van der Waals surface area contributed by atoms with Crippen molar-refractivity contribution in [2.24, 2.45) is 0 Å². The molecule has 36 heavy (non-hydrogen) atoms. The van der Waals surface area contributed by atoms with Crippen molar-refractivity contribution >= 4 is 30.1 Å². The summed E-state index contributed by atoms with van der Waals surface area (Å²) in [6, 6.07) is 7.39. The van der Waals surface area contributed by atoms with Crippen LogP contribution in [0.2, 0.25) is 0 Å². The Balaban J connectivity index is 1.53. The zero-order valence-corrected chi connectivity index (χ0v) is 22.5. The number of ether oxygens (including phenoxy) is 1. The van der Waals surface area contributed by atoms with Gasteiger partial charge in [0.15, 0.2) is 5.69 Å². The third kappa shape index (κ3) is 4.81. The van der Waals surface area contributed by atoms with Crippen LogP contribution in [-0.2, 0) is 25.4 Å². The zero-order valence-electron chi connectivity index (χ0n) is 22.5. The molecule has 2 N–H and O–H groups in total. The van der Waals surface area contributed by atoms with E-state index in [1.807, 2.05) is 57.5 Å². The summed E-state index contributed by atoms with van der Waals surface area (Å²) in [5, 5.41) is 10.9. The van der Waals surface area contributed by atoms with E-state index in [4.69, 9.17) is 14.0 Å². The lowest BCUT2D eigenvalue weighted by Crippen LogP contribution is -2.50. The van der Waals surface area contributed by atoms with Gasteiger partial charge >= 0.3 is 13.1 Å². The molecular weight excluding hydrogens is 459 g/mol. The number of esters is 1. The molecular formula is C26H37BN4O5. The molecule has 1 fully saturated rings. The van der Waals surface area contributed by atoms with E-state index >= 15 is 0 Å². The minimum Gasteiger partial charge on any atom is -0.468 e. The number of nitrogens with zero attached hydrogens (tertiary/aromatic N) is 2. The summed E-state index contributed by atoms with van der Waals surface area (Å²) in [5.74, 6) is -0.633. The fourth-order valence-electron chi connectivity index (χ4n) is 4.69. The average Bonchev–Trinajstić information content (AvgIpc) is 3.33. The summed E-state index contributed by atoms with van der Waals surface area (Å²) in [6.45, 7) is 14.3. The maximum absolute atomic E-state index is 13.2. The van der Waals surface area contributed by atoms with Gasteiger partial charge in [-0.15, -0.1) is 0 Å². The van der Waals surface area contributed by atoms with Gasteiger partial charge in [0.05, 0.1) is 30.0 Å². The number of carbonyl (C=O) groups is 2. The van der Waals surface area contributed by atoms with Gasteiger partial charge in [0, 0.05) is 12.2 Å². The predicted octanol–water partition coefficient (Wildman–Crippen LogP) is 3.12. The van der Waals surface area contributed by atoms with E-state index in [2.05, 4.69) is 15.7 Å². The molecule has 0 saturated carbocycles. The molecule has 9 nitrogen and oxygen atoms in total. The molecule has 0 aliphatic carbocycles. The molecule has 0 unspecified atom stereocenters. The highest BCUT2D eigenvalue weighted by Gasteiger charge is 2.52. The summed E-state index contributed by atoms with van der Waals surface area (Å²) in [4.78, 5) is 25.4. The number of anilines is 1. The van der Waals surface area contributed by atoms with Gasteiger partial charge < -0.3 is 19.4 Å². The number of aryl methyl sites for hydroxylation is 1. The molecule has 3 heterocycles. The summed E-state index contributed by atoms with van der Waals surface area (Å²) in [6.07, 6.45) is 1.72. The van der Waals surface area contributed by atoms with Gasteiger partial charge in [-0.05, 0) is 84.5 Å². The number of hydrogen-bond donors (Lipinski definition) is 2. The normalized spacial score (nSPS) is 20.7. The minimum atomic E-state index is -0.862. The molecule has 0 spiro atoms. The summed E-state index contributed by atoms with van der Waals surface area (Å²) in [7, 11) is 0.861. The number of rotatable bonds is 6. The van der Waals surface area contributed by atoms with E-state index in [1.165, 1.54) is 7.11 Å². The first kappa shape index (κ1) is 26.4. The molecule has 2 aliphatic rings. The molecule has 0 radical (unpaired) electrons. The summed E-state index contributed by atoms with van der Waals surface area (Å²) < 4.78 is 19.2. The number of fused-ring (bicyclic) bond motifs is 1. The maximum atomic E-state index is 13.2. The average molecular weight is 496 g/mol. The van der Waals surface area contributed by atoms with Crippen LogP contribution in [0.25, 0.3) is 0 Å². The monoisotopic (exact) mass is 496 g/mol. The number of benzene rings is 1. The van der Waals surface area contributed by atoms with E-state index in [-0.39, 0.29) is 17.9 Å². The van der Waals surface area contributed by atoms with Crippen molar-refractivity contribution in [2.45, 2.75) is 90.6 Å². The SMILES string of the molecule is COC(=O)C(C)(C)N[C@H]1CCCn2nc(C(=O)Nc3cccc(B4OC(C)(C)C(C)(C)O4)c3C)cc21. The Morgan fingerprint density at radius 1 is 1.19 bits per heavy atom. The second-order valence-corrected chi connectivity index (χ2v) is 11.2. The van der Waals surface area contributed by atoms with Crippen molar-refractivity contribution in [2.75, 3.05) is 12.4 Å². The van der Waals surface area contributed by atoms with Gasteiger partial charge in [-0.2, -0.15) is 5.10 Å². The minimum absolute atomic E-state index is 0.115. The van der Waals surface area contributed by atoms with Crippen LogP contribution in [0, 0.1) is 6.92 Å². The van der Waals surface area contributed by atoms with Gasteiger partial charge in [0.25, 0.3) is 5.91 Å². The quantitative estimate of drug-likeness (QED) is 0.468. The first-order chi connectivity index (χ1) is 16.8. The third-order valence-corrected chi connectivity index (χ3v) is 7.63. The topological polar surface area (TPSA) is 104 Å². The Hall–Kier alpha value is -2.69. The molecule has 1 aromatic heterocycles. The second-order valence-electron chi connectivity index (χ2n) is 11.2. The molecule has 1 amide bonds. The zero-order chi connectivity index (χ0) is 26.5. The van der Waals surface area contributed by atoms with Crippen LogP contribution in [0.4, 0.5) is 5.69 Å². The van der Waals surface area contributed by atoms with Gasteiger partial charge in [-0.3, -0.25) is 19.6 Å². The first-order valence-corrected chi connectivity index (χ1v) is 12.5. The highest BCUT2D eigenvalue weighted by Crippen LogP contribution is 2.37. The number of methoxy groups -OCH3 is 1. The van der Waals surface area contributed by atoms with E-state index in [0.29, 0.717) is 11.4 Å². The highest BCUT2D eigenvalue weighted by atomic mass is 16.7. The standard InChI is InChI=1S/C26H37BN4O5/c1-16-17(27-35-25(4,5)26(6,7)36-27)11-9-12-18(16)28-22(32)20-15-21-19(13-10-14-31(21)30-20)29-24(2,3)23(33)34-8/h9,11-12,15,19,29H,10,13-14H2,1-8H3,(H,28,32)/t19-/m0/s1. The van der Waals surface area contributed by atoms with Crippen molar-refractivity contribution < 1.29 is 23.6 Å². The van der Waals surface area contributed by atoms with E-state index in [1.54, 1.807) is 19.9 Å². The highest BCUT2D eigenvalue weighted by molar-refractivity contribution is 6.62. The summed E-state index contributed by atoms with van der Waals surface area (Å²) >= 11 is 0. The summed E-state index contributed by atoms with van der Waals surface area (Å²) in [5.41, 5.74) is 1.88. The molecule has 0 bridgehead atoms. The molecule has 4 rings (SSSR count). The van der Waals surface area contributed by atoms with Crippen LogP contribution in [0.5, 0.6) is 0 Å². The Bertz CT molecular complexity index is 1160. The smallest absolute Gasteiger partial charge is 0.468 e. The maximum Gasteiger partial charge on any atom is 0.495 e. The van der Waals surface area contributed by atoms with Crippen molar-refractivity contribution in [3.05, 3.63) is 41.2 Å². The Morgan fingerprint density at radius 2 is 1.86 bits per heavy atom. The Labute approximate surface area is 213 Å². The number of aromatic nitrogens is 2. The van der Waals surface area contributed by atoms with E-state index < -0.39 is 23.9 Å². The van der Waals surface area contributed by atoms with Crippen LogP contribution in [0.15, 0.2) is 24.3 Å². The molecule has 1 atom stereocenters. The lowest BCUT2D eigenvalue weighted by atomic mass is 9.76. The molecule has 194 valence electrons. The lowest BCUT2D eigenvalue weighted by Gasteiger charge is -2.32. The van der Waals surface area contributed by atoms with Crippen LogP contribution < -0.4 is 16.1 Å². The number of carbonyl (C=O) groups excluding carboxylic acids is 2. The Kier molecular flexibility index (Phi) is 6.83. The van der Waals surface area contributed by atoms with Crippen LogP contribution >= 0.6 is 0 Å². The molecule has 1 aromatic carbocycles. The van der Waals surface area contributed by atoms with Gasteiger partial charge in [-0.1, -0.05) is 12.1 Å². The molecule has 2 aromatic rings. The van der Waals surface area contributed by atoms with Crippen molar-refractivity contribution in [3.8, 4) is 0 Å². The fraction of sp³-hybridized carbons (Fsp3) is 0.577. The van der Waals surface area contributed by atoms with Crippen molar-refractivity contribution in [1.29, 1.82) is 0 Å². The predicted molar refractivity (Wildman–Crippen MR) is 138 cm³/mol. The van der Waals surface area contributed by atoms with Gasteiger partial charge in [0.1, 0.15) is 5.54 Å². The van der Waals surface area contributed by atoms with Crippen molar-refractivity contribution in [3.63, 3.8) is 0 Å². The third-order valence-electron chi connectivity index (χ3n) is 7.63. The number of amides is 1. The van der Waals surface area contributed by atoms with Crippen molar-refractivity contribution in [1.82, 2.24) is 15.1 Å². The molecule has 2 aliphatic heterocycles. The number of nitrogens with one attached hydrogen (secondary N) is 2. The van der Waals surface area contributed by atoms with Gasteiger partial charge in [-0.25, -0.2) is 0 Å². The largest absolute Gasteiger partial charge is 0.495 e. The molecule has 1 saturated heterocycles. The fourth-order valence-corrected chi connectivity index (χ4v) is 4.69. The Morgan fingerprint density at radius 3 is 2.50 bits per heavy atom. The molecule has 10 heteroatoms. The van der Waals surface area contributed by atoms with Crippen LogP contribution in [-0.4, -0.2) is 52.6 Å². The van der Waals surface area contributed by atoms with Gasteiger partial charge in [0.2, 0.25) is 0 Å². The lowest BCUT2D eigenvalue weighted by molar-refractivity contribution is -0.147. The van der Waals surface area contributed by atoms with E-state index in [0.717, 1.165) is 36.1 Å².